The summed E-state index contributed by atoms with van der Waals surface area (Å²) in [6.45, 7) is 1.28. The first-order valence-electron chi connectivity index (χ1n) is 10.8. The van der Waals surface area contributed by atoms with Gasteiger partial charge < -0.3 is 19.5 Å². The Morgan fingerprint density at radius 3 is 2.65 bits per heavy atom. The van der Waals surface area contributed by atoms with Crippen LogP contribution in [-0.4, -0.2) is 49.1 Å². The van der Waals surface area contributed by atoms with Crippen LogP contribution in [0.15, 0.2) is 72.6 Å². The zero-order valence-corrected chi connectivity index (χ0v) is 18.8. The SMILES string of the molecule is COc1ccc(N2C(=O)C(=O)/C(=C(\O)c3ccc4c(c3)N(C)CCO4)C2c2cccnc2)cc1. The number of carbonyl (C=O) groups is 2. The van der Waals surface area contributed by atoms with Crippen molar-refractivity contribution in [3.8, 4) is 11.5 Å². The van der Waals surface area contributed by atoms with Gasteiger partial charge in [0.25, 0.3) is 11.7 Å². The Labute approximate surface area is 196 Å². The summed E-state index contributed by atoms with van der Waals surface area (Å²) in [6.07, 6.45) is 3.21. The van der Waals surface area contributed by atoms with Crippen LogP contribution in [-0.2, 0) is 9.59 Å². The Kier molecular flexibility index (Phi) is 5.41. The van der Waals surface area contributed by atoms with Gasteiger partial charge in [-0.05, 0) is 54.1 Å². The van der Waals surface area contributed by atoms with E-state index in [2.05, 4.69) is 4.98 Å². The van der Waals surface area contributed by atoms with Crippen LogP contribution in [0.1, 0.15) is 17.2 Å². The summed E-state index contributed by atoms with van der Waals surface area (Å²) in [4.78, 5) is 34.1. The summed E-state index contributed by atoms with van der Waals surface area (Å²) in [7, 11) is 3.49. The molecule has 8 heteroatoms. The minimum absolute atomic E-state index is 0.00755. The number of Topliss-reactive ketones (excluding diaryl/α,β-unsaturated/α-hetero) is 1. The number of benzene rings is 2. The fraction of sp³-hybridized carbons (Fsp3) is 0.192. The predicted octanol–water partition coefficient (Wildman–Crippen LogP) is 3.55. The Morgan fingerprint density at radius 2 is 1.94 bits per heavy atom. The van der Waals surface area contributed by atoms with Crippen LogP contribution in [0.25, 0.3) is 5.76 Å². The third kappa shape index (κ3) is 3.53. The van der Waals surface area contributed by atoms with Crippen molar-refractivity contribution in [2.75, 3.05) is 37.1 Å². The number of likely N-dealkylation sites (N-methyl/N-ethyl adjacent to an activating group) is 1. The van der Waals surface area contributed by atoms with Crippen molar-refractivity contribution in [3.63, 3.8) is 0 Å². The number of rotatable bonds is 4. The zero-order valence-electron chi connectivity index (χ0n) is 18.8. The average molecular weight is 457 g/mol. The molecular weight excluding hydrogens is 434 g/mol. The molecule has 1 saturated heterocycles. The summed E-state index contributed by atoms with van der Waals surface area (Å²) >= 11 is 0. The molecule has 0 radical (unpaired) electrons. The highest BCUT2D eigenvalue weighted by molar-refractivity contribution is 6.51. The highest BCUT2D eigenvalue weighted by Gasteiger charge is 2.47. The van der Waals surface area contributed by atoms with Crippen LogP contribution in [0, 0.1) is 0 Å². The number of aliphatic hydroxyl groups excluding tert-OH is 1. The fourth-order valence-electron chi connectivity index (χ4n) is 4.35. The van der Waals surface area contributed by atoms with E-state index in [1.807, 2.05) is 11.9 Å². The second kappa shape index (κ2) is 8.55. The number of nitrogens with zero attached hydrogens (tertiary/aromatic N) is 3. The van der Waals surface area contributed by atoms with Crippen LogP contribution >= 0.6 is 0 Å². The first-order valence-corrected chi connectivity index (χ1v) is 10.8. The molecule has 172 valence electrons. The first kappa shape index (κ1) is 21.5. The molecule has 2 aliphatic rings. The Balaban J connectivity index is 1.67. The van der Waals surface area contributed by atoms with Gasteiger partial charge in [-0.2, -0.15) is 0 Å². The fourth-order valence-corrected chi connectivity index (χ4v) is 4.35. The van der Waals surface area contributed by atoms with E-state index in [9.17, 15) is 14.7 Å². The molecule has 1 amide bonds. The lowest BCUT2D eigenvalue weighted by Crippen LogP contribution is -2.29. The van der Waals surface area contributed by atoms with Gasteiger partial charge in [-0.1, -0.05) is 6.07 Å². The van der Waals surface area contributed by atoms with E-state index < -0.39 is 17.7 Å². The van der Waals surface area contributed by atoms with Gasteiger partial charge in [0.1, 0.15) is 23.9 Å². The number of ketones is 1. The molecule has 0 saturated carbocycles. The van der Waals surface area contributed by atoms with E-state index in [0.29, 0.717) is 41.5 Å². The first-order chi connectivity index (χ1) is 16.5. The summed E-state index contributed by atoms with van der Waals surface area (Å²) < 4.78 is 10.9. The van der Waals surface area contributed by atoms with Crippen molar-refractivity contribution in [1.29, 1.82) is 0 Å². The molecule has 1 aromatic heterocycles. The monoisotopic (exact) mass is 457 g/mol. The third-order valence-corrected chi connectivity index (χ3v) is 6.12. The van der Waals surface area contributed by atoms with Crippen molar-refractivity contribution in [1.82, 2.24) is 4.98 Å². The van der Waals surface area contributed by atoms with Crippen LogP contribution in [0.3, 0.4) is 0 Å². The lowest BCUT2D eigenvalue weighted by atomic mass is 9.95. The quantitative estimate of drug-likeness (QED) is 0.364. The molecule has 0 aliphatic carbocycles. The molecule has 1 unspecified atom stereocenters. The van der Waals surface area contributed by atoms with Crippen molar-refractivity contribution < 1.29 is 24.2 Å². The van der Waals surface area contributed by atoms with Crippen LogP contribution < -0.4 is 19.3 Å². The normalized spacial score (nSPS) is 19.1. The minimum Gasteiger partial charge on any atom is -0.507 e. The van der Waals surface area contributed by atoms with Crippen molar-refractivity contribution in [3.05, 3.63) is 83.7 Å². The smallest absolute Gasteiger partial charge is 0.300 e. The van der Waals surface area contributed by atoms with E-state index in [0.717, 1.165) is 5.69 Å². The summed E-state index contributed by atoms with van der Waals surface area (Å²) in [6, 6.07) is 14.7. The number of aliphatic hydroxyl groups is 1. The maximum atomic E-state index is 13.3. The number of aromatic nitrogens is 1. The zero-order chi connectivity index (χ0) is 23.8. The molecule has 3 heterocycles. The summed E-state index contributed by atoms with van der Waals surface area (Å²) in [5.41, 5.74) is 2.36. The highest BCUT2D eigenvalue weighted by Crippen LogP contribution is 2.43. The van der Waals surface area contributed by atoms with Crippen molar-refractivity contribution >= 4 is 28.8 Å². The number of hydrogen-bond acceptors (Lipinski definition) is 7. The molecule has 1 atom stereocenters. The van der Waals surface area contributed by atoms with Crippen molar-refractivity contribution in [2.24, 2.45) is 0 Å². The molecular formula is C26H23N3O5. The van der Waals surface area contributed by atoms with Crippen LogP contribution in [0.2, 0.25) is 0 Å². The summed E-state index contributed by atoms with van der Waals surface area (Å²) in [5, 5.41) is 11.4. The van der Waals surface area contributed by atoms with Crippen LogP contribution in [0.4, 0.5) is 11.4 Å². The molecule has 2 aromatic carbocycles. The van der Waals surface area contributed by atoms with Crippen LogP contribution in [0.5, 0.6) is 11.5 Å². The van der Waals surface area contributed by atoms with E-state index in [-0.39, 0.29) is 11.3 Å². The molecule has 1 N–H and O–H groups in total. The van der Waals surface area contributed by atoms with E-state index >= 15 is 0 Å². The van der Waals surface area contributed by atoms with Gasteiger partial charge in [0.05, 0.1) is 31.0 Å². The number of amides is 1. The number of fused-ring (bicyclic) bond motifs is 1. The van der Waals surface area contributed by atoms with Gasteiger partial charge in [-0.15, -0.1) is 0 Å². The van der Waals surface area contributed by atoms with Gasteiger partial charge in [0, 0.05) is 30.7 Å². The largest absolute Gasteiger partial charge is 0.507 e. The molecule has 0 bridgehead atoms. The van der Waals surface area contributed by atoms with E-state index in [1.165, 1.54) is 4.90 Å². The molecule has 1 fully saturated rings. The highest BCUT2D eigenvalue weighted by atomic mass is 16.5. The number of ether oxygens (including phenoxy) is 2. The van der Waals surface area contributed by atoms with Gasteiger partial charge in [0.15, 0.2) is 0 Å². The Bertz CT molecular complexity index is 1290. The molecule has 3 aromatic rings. The van der Waals surface area contributed by atoms with Crippen molar-refractivity contribution in [2.45, 2.75) is 6.04 Å². The summed E-state index contributed by atoms with van der Waals surface area (Å²) in [5.74, 6) is -0.403. The average Bonchev–Trinajstić information content (AvgIpc) is 3.14. The second-order valence-electron chi connectivity index (χ2n) is 8.11. The number of methoxy groups -OCH3 is 1. The maximum Gasteiger partial charge on any atom is 0.300 e. The maximum absolute atomic E-state index is 13.3. The van der Waals surface area contributed by atoms with Gasteiger partial charge in [0.2, 0.25) is 0 Å². The van der Waals surface area contributed by atoms with Gasteiger partial charge in [-0.3, -0.25) is 19.5 Å². The molecule has 2 aliphatic heterocycles. The lowest BCUT2D eigenvalue weighted by Gasteiger charge is -2.28. The Morgan fingerprint density at radius 1 is 1.15 bits per heavy atom. The molecule has 5 rings (SSSR count). The van der Waals surface area contributed by atoms with E-state index in [4.69, 9.17) is 9.47 Å². The standard InChI is InChI=1S/C26H23N3O5/c1-28-12-13-34-21-10-5-16(14-20(21)28)24(30)22-23(17-4-3-11-27-15-17)29(26(32)25(22)31)18-6-8-19(33-2)9-7-18/h3-11,14-15,23,30H,12-13H2,1-2H3/b24-22-. The number of pyridine rings is 1. The number of carbonyl (C=O) groups excluding carboxylic acids is 2. The number of hydrogen-bond donors (Lipinski definition) is 1. The van der Waals surface area contributed by atoms with E-state index in [1.54, 1.807) is 74.1 Å². The lowest BCUT2D eigenvalue weighted by molar-refractivity contribution is -0.132. The second-order valence-corrected chi connectivity index (χ2v) is 8.11. The molecule has 0 spiro atoms. The molecule has 8 nitrogen and oxygen atoms in total. The topological polar surface area (TPSA) is 92.2 Å². The predicted molar refractivity (Wildman–Crippen MR) is 127 cm³/mol. The Hall–Kier alpha value is -4.33. The third-order valence-electron chi connectivity index (χ3n) is 6.12. The molecule has 34 heavy (non-hydrogen) atoms. The van der Waals surface area contributed by atoms with Gasteiger partial charge in [-0.25, -0.2) is 0 Å². The minimum atomic E-state index is -0.841. The number of anilines is 2. The van der Waals surface area contributed by atoms with Gasteiger partial charge >= 0.3 is 0 Å².